The number of nitrogens with one attached hydrogen (secondary N) is 1. The Morgan fingerprint density at radius 1 is 0.917 bits per heavy atom. The number of benzene rings is 2. The molecule has 1 saturated carbocycles. The lowest BCUT2D eigenvalue weighted by atomic mass is 9.85. The summed E-state index contributed by atoms with van der Waals surface area (Å²) >= 11 is 0. The predicted octanol–water partition coefficient (Wildman–Crippen LogP) is 4.62. The highest BCUT2D eigenvalue weighted by Gasteiger charge is 2.33. The molecule has 1 fully saturated rings. The lowest BCUT2D eigenvalue weighted by molar-refractivity contribution is -0.122. The van der Waals surface area contributed by atoms with Gasteiger partial charge in [0.2, 0.25) is 5.91 Å². The SMILES string of the molecule is CC1CCC(NC(=O)C2c3ccccc3Oc3ccccc32)CC1. The van der Waals surface area contributed by atoms with E-state index in [1.165, 1.54) is 12.8 Å². The number of fused-ring (bicyclic) bond motifs is 2. The second kappa shape index (κ2) is 6.31. The third-order valence-corrected chi connectivity index (χ3v) is 5.30. The minimum Gasteiger partial charge on any atom is -0.457 e. The second-order valence-corrected chi connectivity index (χ2v) is 7.08. The molecule has 0 atom stereocenters. The molecule has 0 radical (unpaired) electrons. The molecule has 1 aliphatic carbocycles. The fourth-order valence-corrected chi connectivity index (χ4v) is 3.88. The Morgan fingerprint density at radius 3 is 2.04 bits per heavy atom. The summed E-state index contributed by atoms with van der Waals surface area (Å²) in [5.74, 6) is 2.16. The number of hydrogen-bond acceptors (Lipinski definition) is 2. The van der Waals surface area contributed by atoms with Gasteiger partial charge in [0.05, 0.1) is 5.92 Å². The van der Waals surface area contributed by atoms with E-state index in [-0.39, 0.29) is 11.8 Å². The van der Waals surface area contributed by atoms with Crippen LogP contribution in [0.5, 0.6) is 11.5 Å². The van der Waals surface area contributed by atoms with E-state index in [0.29, 0.717) is 6.04 Å². The predicted molar refractivity (Wildman–Crippen MR) is 94.4 cm³/mol. The van der Waals surface area contributed by atoms with E-state index >= 15 is 0 Å². The zero-order chi connectivity index (χ0) is 16.5. The van der Waals surface area contributed by atoms with Gasteiger partial charge in [0, 0.05) is 17.2 Å². The number of ether oxygens (including phenoxy) is 1. The van der Waals surface area contributed by atoms with Crippen molar-refractivity contribution in [2.75, 3.05) is 0 Å². The van der Waals surface area contributed by atoms with E-state index in [1.54, 1.807) is 0 Å². The Balaban J connectivity index is 1.63. The van der Waals surface area contributed by atoms with Gasteiger partial charge in [-0.1, -0.05) is 43.3 Å². The highest BCUT2D eigenvalue weighted by atomic mass is 16.5. The normalized spacial score (nSPS) is 22.9. The van der Waals surface area contributed by atoms with Crippen molar-refractivity contribution in [1.82, 2.24) is 5.32 Å². The van der Waals surface area contributed by atoms with Gasteiger partial charge in [0.1, 0.15) is 11.5 Å². The molecule has 1 amide bonds. The summed E-state index contributed by atoms with van der Waals surface area (Å²) in [7, 11) is 0. The summed E-state index contributed by atoms with van der Waals surface area (Å²) in [6, 6.07) is 16.0. The maximum Gasteiger partial charge on any atom is 0.232 e. The molecule has 0 saturated heterocycles. The first kappa shape index (κ1) is 15.3. The molecule has 124 valence electrons. The summed E-state index contributed by atoms with van der Waals surface area (Å²) in [5.41, 5.74) is 1.91. The van der Waals surface area contributed by atoms with Crippen LogP contribution in [-0.4, -0.2) is 11.9 Å². The van der Waals surface area contributed by atoms with E-state index in [4.69, 9.17) is 4.74 Å². The largest absolute Gasteiger partial charge is 0.457 e. The molecule has 0 unspecified atom stereocenters. The minimum absolute atomic E-state index is 0.0951. The van der Waals surface area contributed by atoms with E-state index in [1.807, 2.05) is 48.5 Å². The molecule has 1 N–H and O–H groups in total. The lowest BCUT2D eigenvalue weighted by Gasteiger charge is -2.31. The third kappa shape index (κ3) is 2.79. The number of rotatable bonds is 2. The molecule has 1 aliphatic heterocycles. The standard InChI is InChI=1S/C21H23NO2/c1-14-10-12-15(13-11-14)22-21(23)20-16-6-2-4-8-18(16)24-19-9-5-3-7-17(19)20/h2-9,14-15,20H,10-13H2,1H3,(H,22,23). The van der Waals surface area contributed by atoms with Crippen molar-refractivity contribution >= 4 is 5.91 Å². The van der Waals surface area contributed by atoms with Gasteiger partial charge in [0.15, 0.2) is 0 Å². The summed E-state index contributed by atoms with van der Waals surface area (Å²) in [6.07, 6.45) is 4.57. The first-order valence-corrected chi connectivity index (χ1v) is 8.88. The van der Waals surface area contributed by atoms with Crippen LogP contribution in [0.4, 0.5) is 0 Å². The third-order valence-electron chi connectivity index (χ3n) is 5.30. The van der Waals surface area contributed by atoms with Crippen molar-refractivity contribution < 1.29 is 9.53 Å². The van der Waals surface area contributed by atoms with Gasteiger partial charge in [0.25, 0.3) is 0 Å². The van der Waals surface area contributed by atoms with Crippen molar-refractivity contribution in [3.05, 3.63) is 59.7 Å². The quantitative estimate of drug-likeness (QED) is 0.876. The number of hydrogen-bond donors (Lipinski definition) is 1. The van der Waals surface area contributed by atoms with Crippen molar-refractivity contribution in [2.45, 2.75) is 44.6 Å². The monoisotopic (exact) mass is 321 g/mol. The second-order valence-electron chi connectivity index (χ2n) is 7.08. The molecule has 2 aromatic rings. The number of para-hydroxylation sites is 2. The average Bonchev–Trinajstić information content (AvgIpc) is 2.61. The van der Waals surface area contributed by atoms with E-state index in [0.717, 1.165) is 41.4 Å². The number of carbonyl (C=O) groups excluding carboxylic acids is 1. The smallest absolute Gasteiger partial charge is 0.232 e. The zero-order valence-corrected chi connectivity index (χ0v) is 14.0. The summed E-state index contributed by atoms with van der Waals surface area (Å²) in [6.45, 7) is 2.29. The van der Waals surface area contributed by atoms with Crippen LogP contribution in [0, 0.1) is 5.92 Å². The highest BCUT2D eigenvalue weighted by molar-refractivity contribution is 5.89. The van der Waals surface area contributed by atoms with Gasteiger partial charge < -0.3 is 10.1 Å². The molecule has 0 aromatic heterocycles. The van der Waals surface area contributed by atoms with E-state index in [9.17, 15) is 4.79 Å². The van der Waals surface area contributed by atoms with Crippen molar-refractivity contribution in [3.8, 4) is 11.5 Å². The van der Waals surface area contributed by atoms with Crippen LogP contribution in [0.15, 0.2) is 48.5 Å². The Kier molecular flexibility index (Phi) is 4.01. The number of amides is 1. The highest BCUT2D eigenvalue weighted by Crippen LogP contribution is 2.44. The first-order valence-electron chi connectivity index (χ1n) is 8.88. The Hall–Kier alpha value is -2.29. The summed E-state index contributed by atoms with van der Waals surface area (Å²) < 4.78 is 5.98. The van der Waals surface area contributed by atoms with Crippen LogP contribution in [-0.2, 0) is 4.79 Å². The zero-order valence-electron chi connectivity index (χ0n) is 14.0. The maximum atomic E-state index is 13.1. The van der Waals surface area contributed by atoms with Crippen LogP contribution in [0.2, 0.25) is 0 Å². The molecular weight excluding hydrogens is 298 g/mol. The van der Waals surface area contributed by atoms with Gasteiger partial charge in [-0.3, -0.25) is 4.79 Å². The van der Waals surface area contributed by atoms with Gasteiger partial charge in [-0.05, 0) is 43.7 Å². The molecular formula is C21H23NO2. The summed E-state index contributed by atoms with van der Waals surface area (Å²) in [4.78, 5) is 13.1. The average molecular weight is 321 g/mol. The fraction of sp³-hybridized carbons (Fsp3) is 0.381. The van der Waals surface area contributed by atoms with Crippen LogP contribution >= 0.6 is 0 Å². The molecule has 4 rings (SSSR count). The van der Waals surface area contributed by atoms with Crippen LogP contribution < -0.4 is 10.1 Å². The van der Waals surface area contributed by atoms with Gasteiger partial charge in [-0.25, -0.2) is 0 Å². The van der Waals surface area contributed by atoms with Crippen LogP contribution in [0.3, 0.4) is 0 Å². The molecule has 2 aliphatic rings. The topological polar surface area (TPSA) is 38.3 Å². The lowest BCUT2D eigenvalue weighted by Crippen LogP contribution is -2.40. The maximum absolute atomic E-state index is 13.1. The Labute approximate surface area is 143 Å². The van der Waals surface area contributed by atoms with E-state index in [2.05, 4.69) is 12.2 Å². The van der Waals surface area contributed by atoms with Gasteiger partial charge >= 0.3 is 0 Å². The van der Waals surface area contributed by atoms with Crippen molar-refractivity contribution in [1.29, 1.82) is 0 Å². The molecule has 2 aromatic carbocycles. The van der Waals surface area contributed by atoms with Gasteiger partial charge in [-0.15, -0.1) is 0 Å². The van der Waals surface area contributed by atoms with Crippen LogP contribution in [0.25, 0.3) is 0 Å². The molecule has 3 heteroatoms. The van der Waals surface area contributed by atoms with Gasteiger partial charge in [-0.2, -0.15) is 0 Å². The molecule has 0 spiro atoms. The molecule has 3 nitrogen and oxygen atoms in total. The Bertz CT molecular complexity index is 702. The fourth-order valence-electron chi connectivity index (χ4n) is 3.88. The van der Waals surface area contributed by atoms with Crippen molar-refractivity contribution in [2.24, 2.45) is 5.92 Å². The molecule has 24 heavy (non-hydrogen) atoms. The van der Waals surface area contributed by atoms with E-state index < -0.39 is 0 Å². The molecule has 1 heterocycles. The number of carbonyl (C=O) groups is 1. The van der Waals surface area contributed by atoms with Crippen LogP contribution in [0.1, 0.15) is 49.7 Å². The first-order chi connectivity index (χ1) is 11.7. The Morgan fingerprint density at radius 2 is 1.46 bits per heavy atom. The summed E-state index contributed by atoms with van der Waals surface area (Å²) in [5, 5.41) is 3.30. The van der Waals surface area contributed by atoms with Crippen molar-refractivity contribution in [3.63, 3.8) is 0 Å². The molecule has 0 bridgehead atoms. The minimum atomic E-state index is -0.287.